The highest BCUT2D eigenvalue weighted by molar-refractivity contribution is 5.94. The Morgan fingerprint density at radius 3 is 2.86 bits per heavy atom. The Morgan fingerprint density at radius 2 is 2.21 bits per heavy atom. The third-order valence-electron chi connectivity index (χ3n) is 1.75. The van der Waals surface area contributed by atoms with Crippen LogP contribution in [0.5, 0.6) is 0 Å². The molecule has 1 amide bonds. The van der Waals surface area contributed by atoms with Gasteiger partial charge < -0.3 is 5.11 Å². The van der Waals surface area contributed by atoms with Gasteiger partial charge in [-0.2, -0.15) is 0 Å². The summed E-state index contributed by atoms with van der Waals surface area (Å²) < 4.78 is 0. The lowest BCUT2D eigenvalue weighted by atomic mass is 10.1. The molecule has 0 aliphatic carbocycles. The first-order valence-electron chi connectivity index (χ1n) is 4.34. The maximum absolute atomic E-state index is 11.4. The van der Waals surface area contributed by atoms with Gasteiger partial charge in [0.25, 0.3) is 5.91 Å². The average Bonchev–Trinajstić information content (AvgIpc) is 2.18. The molecular weight excluding hydrogens is 182 g/mol. The molecule has 1 rings (SSSR count). The van der Waals surface area contributed by atoms with Gasteiger partial charge in [0.05, 0.1) is 13.2 Å². The Hall–Kier alpha value is -1.39. The fourth-order valence-electron chi connectivity index (χ4n) is 1.04. The molecule has 0 atom stereocenters. The van der Waals surface area contributed by atoms with E-state index in [0.29, 0.717) is 5.56 Å². The number of carbonyl (C=O) groups excluding carboxylic acids is 1. The van der Waals surface area contributed by atoms with E-state index in [0.717, 1.165) is 5.56 Å². The molecule has 4 nitrogen and oxygen atoms in total. The molecule has 0 spiro atoms. The van der Waals surface area contributed by atoms with E-state index < -0.39 is 0 Å². The molecule has 1 aromatic rings. The summed E-state index contributed by atoms with van der Waals surface area (Å²) in [7, 11) is 0. The number of nitrogens with one attached hydrogen (secondary N) is 1. The lowest BCUT2D eigenvalue weighted by Gasteiger charge is -2.06. The molecule has 0 aromatic heterocycles. The number of hydroxylamine groups is 1. The molecule has 0 fully saturated rings. The van der Waals surface area contributed by atoms with Crippen LogP contribution in [0.15, 0.2) is 24.3 Å². The van der Waals surface area contributed by atoms with Crippen molar-refractivity contribution in [3.05, 3.63) is 35.4 Å². The summed E-state index contributed by atoms with van der Waals surface area (Å²) in [5, 5.41) is 8.43. The third-order valence-corrected chi connectivity index (χ3v) is 1.75. The maximum atomic E-state index is 11.4. The number of benzene rings is 1. The fraction of sp³-hybridized carbons (Fsp3) is 0.300. The van der Waals surface area contributed by atoms with Crippen LogP contribution >= 0.6 is 0 Å². The van der Waals surface area contributed by atoms with E-state index in [1.807, 2.05) is 19.1 Å². The molecule has 0 unspecified atom stereocenters. The van der Waals surface area contributed by atoms with Crippen LogP contribution < -0.4 is 5.48 Å². The molecule has 76 valence electrons. The van der Waals surface area contributed by atoms with Crippen LogP contribution in [0.1, 0.15) is 15.9 Å². The highest BCUT2D eigenvalue weighted by Crippen LogP contribution is 2.05. The SMILES string of the molecule is Cc1ccccc1C(=O)NOCCO. The fourth-order valence-corrected chi connectivity index (χ4v) is 1.04. The second-order valence-electron chi connectivity index (χ2n) is 2.82. The number of carbonyl (C=O) groups is 1. The van der Waals surface area contributed by atoms with Crippen LogP contribution in [0, 0.1) is 6.92 Å². The van der Waals surface area contributed by atoms with Crippen molar-refractivity contribution in [2.45, 2.75) is 6.92 Å². The number of amides is 1. The quantitative estimate of drug-likeness (QED) is 0.547. The molecule has 0 saturated heterocycles. The summed E-state index contributed by atoms with van der Waals surface area (Å²) >= 11 is 0. The van der Waals surface area contributed by atoms with Crippen molar-refractivity contribution in [3.8, 4) is 0 Å². The van der Waals surface area contributed by atoms with Gasteiger partial charge >= 0.3 is 0 Å². The summed E-state index contributed by atoms with van der Waals surface area (Å²) in [6.07, 6.45) is 0. The largest absolute Gasteiger partial charge is 0.394 e. The smallest absolute Gasteiger partial charge is 0.275 e. The minimum absolute atomic E-state index is 0.0949. The van der Waals surface area contributed by atoms with Crippen molar-refractivity contribution in [1.82, 2.24) is 5.48 Å². The zero-order chi connectivity index (χ0) is 10.4. The van der Waals surface area contributed by atoms with Crippen LogP contribution in [-0.2, 0) is 4.84 Å². The first kappa shape index (κ1) is 10.7. The Bertz CT molecular complexity index is 312. The molecule has 0 aliphatic rings. The van der Waals surface area contributed by atoms with E-state index in [1.165, 1.54) is 0 Å². The van der Waals surface area contributed by atoms with Gasteiger partial charge in [-0.3, -0.25) is 9.63 Å². The molecule has 0 heterocycles. The maximum Gasteiger partial charge on any atom is 0.275 e. The molecule has 4 heteroatoms. The first-order valence-corrected chi connectivity index (χ1v) is 4.34. The summed E-state index contributed by atoms with van der Waals surface area (Å²) in [5.41, 5.74) is 3.70. The van der Waals surface area contributed by atoms with E-state index in [4.69, 9.17) is 9.94 Å². The minimum atomic E-state index is -0.295. The van der Waals surface area contributed by atoms with Crippen molar-refractivity contribution in [1.29, 1.82) is 0 Å². The Labute approximate surface area is 82.5 Å². The van der Waals surface area contributed by atoms with E-state index in [-0.39, 0.29) is 19.1 Å². The molecule has 0 bridgehead atoms. The topological polar surface area (TPSA) is 58.6 Å². The molecule has 2 N–H and O–H groups in total. The van der Waals surface area contributed by atoms with E-state index in [1.54, 1.807) is 12.1 Å². The lowest BCUT2D eigenvalue weighted by Crippen LogP contribution is -2.25. The number of aliphatic hydroxyl groups is 1. The van der Waals surface area contributed by atoms with Gasteiger partial charge in [-0.15, -0.1) is 0 Å². The van der Waals surface area contributed by atoms with Gasteiger partial charge in [0.1, 0.15) is 0 Å². The summed E-state index contributed by atoms with van der Waals surface area (Å²) in [5.74, 6) is -0.295. The predicted octanol–water partition coefficient (Wildman–Crippen LogP) is 0.649. The standard InChI is InChI=1S/C10H13NO3/c1-8-4-2-3-5-9(8)10(13)11-14-7-6-12/h2-5,12H,6-7H2,1H3,(H,11,13). The van der Waals surface area contributed by atoms with Crippen molar-refractivity contribution in [3.63, 3.8) is 0 Å². The van der Waals surface area contributed by atoms with Gasteiger partial charge in [-0.1, -0.05) is 18.2 Å². The normalized spacial score (nSPS) is 9.86. The van der Waals surface area contributed by atoms with Gasteiger partial charge in [0, 0.05) is 5.56 Å². The highest BCUT2D eigenvalue weighted by Gasteiger charge is 2.06. The molecule has 0 radical (unpaired) electrons. The minimum Gasteiger partial charge on any atom is -0.394 e. The highest BCUT2D eigenvalue weighted by atomic mass is 16.7. The van der Waals surface area contributed by atoms with Crippen LogP contribution in [0.25, 0.3) is 0 Å². The van der Waals surface area contributed by atoms with Crippen LogP contribution in [0.2, 0.25) is 0 Å². The first-order chi connectivity index (χ1) is 6.75. The molecule has 0 saturated carbocycles. The molecular formula is C10H13NO3. The van der Waals surface area contributed by atoms with Crippen molar-refractivity contribution < 1.29 is 14.7 Å². The number of rotatable bonds is 4. The molecule has 14 heavy (non-hydrogen) atoms. The van der Waals surface area contributed by atoms with Crippen LogP contribution in [0.4, 0.5) is 0 Å². The van der Waals surface area contributed by atoms with Crippen molar-refractivity contribution in [2.24, 2.45) is 0 Å². The van der Waals surface area contributed by atoms with Crippen molar-refractivity contribution >= 4 is 5.91 Å². The van der Waals surface area contributed by atoms with E-state index in [9.17, 15) is 4.79 Å². The lowest BCUT2D eigenvalue weighted by molar-refractivity contribution is 0.0168. The van der Waals surface area contributed by atoms with Crippen LogP contribution in [0.3, 0.4) is 0 Å². The number of aryl methyl sites for hydroxylation is 1. The van der Waals surface area contributed by atoms with Gasteiger partial charge in [-0.25, -0.2) is 5.48 Å². The summed E-state index contributed by atoms with van der Waals surface area (Å²) in [6.45, 7) is 1.83. The second-order valence-corrected chi connectivity index (χ2v) is 2.82. The molecule has 1 aromatic carbocycles. The van der Waals surface area contributed by atoms with Gasteiger partial charge in [0.15, 0.2) is 0 Å². The Kier molecular flexibility index (Phi) is 4.10. The number of aliphatic hydroxyl groups excluding tert-OH is 1. The van der Waals surface area contributed by atoms with E-state index >= 15 is 0 Å². The van der Waals surface area contributed by atoms with E-state index in [2.05, 4.69) is 5.48 Å². The van der Waals surface area contributed by atoms with Crippen LogP contribution in [-0.4, -0.2) is 24.2 Å². The number of hydrogen-bond donors (Lipinski definition) is 2. The zero-order valence-electron chi connectivity index (χ0n) is 7.99. The van der Waals surface area contributed by atoms with Gasteiger partial charge in [-0.05, 0) is 18.6 Å². The third kappa shape index (κ3) is 2.83. The number of hydrogen-bond acceptors (Lipinski definition) is 3. The second kappa shape index (κ2) is 5.36. The predicted molar refractivity (Wildman–Crippen MR) is 51.7 cm³/mol. The van der Waals surface area contributed by atoms with Gasteiger partial charge in [0.2, 0.25) is 0 Å². The summed E-state index contributed by atoms with van der Waals surface area (Å²) in [6, 6.07) is 7.21. The molecule has 0 aliphatic heterocycles. The monoisotopic (exact) mass is 195 g/mol. The zero-order valence-corrected chi connectivity index (χ0v) is 7.99. The Morgan fingerprint density at radius 1 is 1.50 bits per heavy atom. The Balaban J connectivity index is 2.56. The average molecular weight is 195 g/mol. The van der Waals surface area contributed by atoms with Crippen molar-refractivity contribution in [2.75, 3.05) is 13.2 Å². The summed E-state index contributed by atoms with van der Waals surface area (Å²) in [4.78, 5) is 16.1.